The van der Waals surface area contributed by atoms with Gasteiger partial charge in [-0.3, -0.25) is 4.99 Å². The maximum absolute atomic E-state index is 4.30. The molecule has 0 atom stereocenters. The number of hydrogen-bond acceptors (Lipinski definition) is 1. The Labute approximate surface area is 56.5 Å². The molecule has 0 bridgehead atoms. The molecule has 0 aliphatic heterocycles. The summed E-state index contributed by atoms with van der Waals surface area (Å²) in [5.41, 5.74) is 1.07. The van der Waals surface area contributed by atoms with Crippen LogP contribution < -0.4 is 0 Å². The maximum atomic E-state index is 4.30. The zero-order valence-electron chi connectivity index (χ0n) is 5.93. The monoisotopic (exact) mass is 123 g/mol. The SMILES string of the molecule is C=CC(C)=NCC1CC1. The van der Waals surface area contributed by atoms with Crippen LogP contribution in [-0.2, 0) is 0 Å². The van der Waals surface area contributed by atoms with E-state index in [1.165, 1.54) is 12.8 Å². The number of allylic oxidation sites excluding steroid dienone is 1. The first-order valence-electron chi connectivity index (χ1n) is 3.46. The van der Waals surface area contributed by atoms with Crippen molar-refractivity contribution < 1.29 is 0 Å². The van der Waals surface area contributed by atoms with E-state index in [1.807, 2.05) is 13.0 Å². The molecule has 0 aromatic carbocycles. The molecule has 0 aromatic heterocycles. The lowest BCUT2D eigenvalue weighted by Gasteiger charge is -1.89. The lowest BCUT2D eigenvalue weighted by Crippen LogP contribution is -1.88. The van der Waals surface area contributed by atoms with Crippen molar-refractivity contribution in [2.45, 2.75) is 19.8 Å². The molecule has 0 N–H and O–H groups in total. The smallest absolute Gasteiger partial charge is 0.0420 e. The molecule has 0 aromatic rings. The van der Waals surface area contributed by atoms with Gasteiger partial charge >= 0.3 is 0 Å². The van der Waals surface area contributed by atoms with Crippen molar-refractivity contribution in [3.05, 3.63) is 12.7 Å². The van der Waals surface area contributed by atoms with Crippen molar-refractivity contribution in [1.29, 1.82) is 0 Å². The zero-order chi connectivity index (χ0) is 6.69. The van der Waals surface area contributed by atoms with Crippen molar-refractivity contribution in [2.24, 2.45) is 10.9 Å². The predicted molar refractivity (Wildman–Crippen MR) is 40.9 cm³/mol. The minimum absolute atomic E-state index is 0.903. The van der Waals surface area contributed by atoms with Gasteiger partial charge in [-0.2, -0.15) is 0 Å². The molecule has 1 heteroatoms. The zero-order valence-corrected chi connectivity index (χ0v) is 5.93. The van der Waals surface area contributed by atoms with Crippen LogP contribution in [0, 0.1) is 5.92 Å². The van der Waals surface area contributed by atoms with Crippen LogP contribution in [0.15, 0.2) is 17.6 Å². The lowest BCUT2D eigenvalue weighted by molar-refractivity contribution is 0.848. The van der Waals surface area contributed by atoms with E-state index in [1.54, 1.807) is 0 Å². The Morgan fingerprint density at radius 1 is 1.78 bits per heavy atom. The third-order valence-electron chi connectivity index (χ3n) is 1.59. The van der Waals surface area contributed by atoms with Gasteiger partial charge < -0.3 is 0 Å². The molecule has 1 rings (SSSR count). The van der Waals surface area contributed by atoms with E-state index >= 15 is 0 Å². The van der Waals surface area contributed by atoms with Crippen molar-refractivity contribution in [3.63, 3.8) is 0 Å². The summed E-state index contributed by atoms with van der Waals surface area (Å²) in [6.07, 6.45) is 4.57. The van der Waals surface area contributed by atoms with E-state index < -0.39 is 0 Å². The maximum Gasteiger partial charge on any atom is 0.0420 e. The van der Waals surface area contributed by atoms with Crippen LogP contribution in [0.1, 0.15) is 19.8 Å². The highest BCUT2D eigenvalue weighted by Crippen LogP contribution is 2.28. The van der Waals surface area contributed by atoms with Gasteiger partial charge in [0.1, 0.15) is 0 Å². The van der Waals surface area contributed by atoms with Gasteiger partial charge in [-0.05, 0) is 31.8 Å². The fraction of sp³-hybridized carbons (Fsp3) is 0.625. The van der Waals surface area contributed by atoms with Gasteiger partial charge in [0.25, 0.3) is 0 Å². The van der Waals surface area contributed by atoms with E-state index in [4.69, 9.17) is 0 Å². The summed E-state index contributed by atoms with van der Waals surface area (Å²) < 4.78 is 0. The third-order valence-corrected chi connectivity index (χ3v) is 1.59. The first kappa shape index (κ1) is 6.53. The Balaban J connectivity index is 2.19. The summed E-state index contributed by atoms with van der Waals surface area (Å²) in [5, 5.41) is 0. The van der Waals surface area contributed by atoms with E-state index in [9.17, 15) is 0 Å². The van der Waals surface area contributed by atoms with Crippen LogP contribution in [0.25, 0.3) is 0 Å². The van der Waals surface area contributed by atoms with E-state index in [-0.39, 0.29) is 0 Å². The molecule has 1 saturated carbocycles. The molecule has 1 nitrogen and oxygen atoms in total. The average Bonchev–Trinajstić information content (AvgIpc) is 2.65. The second-order valence-corrected chi connectivity index (χ2v) is 2.63. The molecule has 0 heterocycles. The highest BCUT2D eigenvalue weighted by Gasteiger charge is 2.19. The lowest BCUT2D eigenvalue weighted by atomic mass is 10.4. The molecule has 1 aliphatic carbocycles. The topological polar surface area (TPSA) is 12.4 Å². The number of nitrogens with zero attached hydrogens (tertiary/aromatic N) is 1. The first-order valence-corrected chi connectivity index (χ1v) is 3.46. The van der Waals surface area contributed by atoms with Crippen LogP contribution >= 0.6 is 0 Å². The van der Waals surface area contributed by atoms with Gasteiger partial charge in [-0.25, -0.2) is 0 Å². The Morgan fingerprint density at radius 2 is 2.44 bits per heavy atom. The van der Waals surface area contributed by atoms with Crippen LogP contribution in [0.4, 0.5) is 0 Å². The van der Waals surface area contributed by atoms with Crippen LogP contribution in [0.5, 0.6) is 0 Å². The highest BCUT2D eigenvalue weighted by molar-refractivity contribution is 5.92. The molecule has 1 fully saturated rings. The summed E-state index contributed by atoms with van der Waals surface area (Å²) in [7, 11) is 0. The van der Waals surface area contributed by atoms with E-state index in [0.717, 1.165) is 18.2 Å². The molecule has 9 heavy (non-hydrogen) atoms. The second-order valence-electron chi connectivity index (χ2n) is 2.63. The van der Waals surface area contributed by atoms with Crippen LogP contribution in [0.2, 0.25) is 0 Å². The molecule has 0 radical (unpaired) electrons. The molecular formula is C8H13N. The highest BCUT2D eigenvalue weighted by atomic mass is 14.7. The quantitative estimate of drug-likeness (QED) is 0.509. The summed E-state index contributed by atoms with van der Waals surface area (Å²) in [6, 6.07) is 0. The first-order chi connectivity index (χ1) is 4.33. The van der Waals surface area contributed by atoms with Gasteiger partial charge in [-0.1, -0.05) is 6.58 Å². The Bertz CT molecular complexity index is 132. The molecule has 0 saturated heterocycles. The van der Waals surface area contributed by atoms with Crippen molar-refractivity contribution in [2.75, 3.05) is 6.54 Å². The fourth-order valence-electron chi connectivity index (χ4n) is 0.638. The Morgan fingerprint density at radius 3 is 2.89 bits per heavy atom. The van der Waals surface area contributed by atoms with Gasteiger partial charge in [0, 0.05) is 12.3 Å². The minimum atomic E-state index is 0.903. The Hall–Kier alpha value is -0.590. The van der Waals surface area contributed by atoms with Gasteiger partial charge in [0.05, 0.1) is 0 Å². The number of aliphatic imine (C=N–C) groups is 1. The molecule has 0 spiro atoms. The van der Waals surface area contributed by atoms with Crippen LogP contribution in [-0.4, -0.2) is 12.3 Å². The van der Waals surface area contributed by atoms with Gasteiger partial charge in [0.15, 0.2) is 0 Å². The molecule has 0 amide bonds. The van der Waals surface area contributed by atoms with Gasteiger partial charge in [-0.15, -0.1) is 0 Å². The van der Waals surface area contributed by atoms with E-state index in [0.29, 0.717) is 0 Å². The number of rotatable bonds is 3. The normalized spacial score (nSPS) is 19.9. The molecule has 50 valence electrons. The van der Waals surface area contributed by atoms with Crippen molar-refractivity contribution in [1.82, 2.24) is 0 Å². The second kappa shape index (κ2) is 2.81. The largest absolute Gasteiger partial charge is 0.290 e. The van der Waals surface area contributed by atoms with Crippen molar-refractivity contribution >= 4 is 5.71 Å². The fourth-order valence-corrected chi connectivity index (χ4v) is 0.638. The summed E-state index contributed by atoms with van der Waals surface area (Å²) in [6.45, 7) is 6.65. The predicted octanol–water partition coefficient (Wildman–Crippen LogP) is 2.04. The summed E-state index contributed by atoms with van der Waals surface area (Å²) >= 11 is 0. The van der Waals surface area contributed by atoms with Crippen molar-refractivity contribution in [3.8, 4) is 0 Å². The third kappa shape index (κ3) is 2.45. The molecule has 0 unspecified atom stereocenters. The molecular weight excluding hydrogens is 110 g/mol. The van der Waals surface area contributed by atoms with E-state index in [2.05, 4.69) is 11.6 Å². The minimum Gasteiger partial charge on any atom is -0.290 e. The average molecular weight is 123 g/mol. The molecule has 1 aliphatic rings. The summed E-state index contributed by atoms with van der Waals surface area (Å²) in [5.74, 6) is 0.903. The summed E-state index contributed by atoms with van der Waals surface area (Å²) in [4.78, 5) is 4.30. The standard InChI is InChI=1S/C8H13N/c1-3-7(2)9-6-8-4-5-8/h3,8H,1,4-6H2,2H3. The van der Waals surface area contributed by atoms with Crippen LogP contribution in [0.3, 0.4) is 0 Å². The van der Waals surface area contributed by atoms with Gasteiger partial charge in [0.2, 0.25) is 0 Å². The number of hydrogen-bond donors (Lipinski definition) is 0. The Kier molecular flexibility index (Phi) is 2.04.